The van der Waals surface area contributed by atoms with Crippen molar-refractivity contribution in [3.63, 3.8) is 0 Å². The SMILES string of the molecule is COC(=O)C(Cc1ccc(OCCCNC(=O)C(C)(C)Cc2ccccc2)cc1)Nc1ccccc1C(=O)c1ccccc1. The highest BCUT2D eigenvalue weighted by Gasteiger charge is 2.27. The highest BCUT2D eigenvalue weighted by molar-refractivity contribution is 6.12. The van der Waals surface area contributed by atoms with Crippen molar-refractivity contribution in [3.05, 3.63) is 131 Å². The Hall–Kier alpha value is -4.91. The van der Waals surface area contributed by atoms with Gasteiger partial charge in [-0.2, -0.15) is 0 Å². The maximum Gasteiger partial charge on any atom is 0.328 e. The number of amides is 1. The molecule has 0 heterocycles. The summed E-state index contributed by atoms with van der Waals surface area (Å²) in [6.45, 7) is 4.89. The Kier molecular flexibility index (Phi) is 11.3. The van der Waals surface area contributed by atoms with Crippen LogP contribution in [0, 0.1) is 5.41 Å². The van der Waals surface area contributed by atoms with E-state index in [-0.39, 0.29) is 11.7 Å². The molecule has 1 amide bonds. The number of hydrogen-bond donors (Lipinski definition) is 2. The maximum absolute atomic E-state index is 13.2. The fourth-order valence-electron chi connectivity index (χ4n) is 4.92. The van der Waals surface area contributed by atoms with E-state index in [1.165, 1.54) is 7.11 Å². The predicted octanol–water partition coefficient (Wildman–Crippen LogP) is 6.27. The summed E-state index contributed by atoms with van der Waals surface area (Å²) in [6, 6.07) is 33.0. The number of carbonyl (C=O) groups excluding carboxylic acids is 3. The summed E-state index contributed by atoms with van der Waals surface area (Å²) >= 11 is 0. The molecule has 0 aliphatic rings. The lowest BCUT2D eigenvalue weighted by Crippen LogP contribution is -2.39. The second-order valence-electron chi connectivity index (χ2n) is 11.3. The monoisotopic (exact) mass is 592 g/mol. The molecule has 0 aromatic heterocycles. The van der Waals surface area contributed by atoms with Crippen molar-refractivity contribution < 1.29 is 23.9 Å². The summed E-state index contributed by atoms with van der Waals surface area (Å²) < 4.78 is 10.9. The number of para-hydroxylation sites is 1. The molecule has 0 fully saturated rings. The van der Waals surface area contributed by atoms with Gasteiger partial charge in [-0.3, -0.25) is 9.59 Å². The largest absolute Gasteiger partial charge is 0.494 e. The summed E-state index contributed by atoms with van der Waals surface area (Å²) in [5.74, 6) is 0.160. The van der Waals surface area contributed by atoms with E-state index in [1.807, 2.05) is 92.7 Å². The molecule has 1 unspecified atom stereocenters. The molecule has 7 nitrogen and oxygen atoms in total. The van der Waals surface area contributed by atoms with Crippen LogP contribution in [0.5, 0.6) is 5.75 Å². The molecule has 0 saturated heterocycles. The zero-order chi connectivity index (χ0) is 31.4. The molecule has 0 bridgehead atoms. The molecule has 0 saturated carbocycles. The first-order valence-electron chi connectivity index (χ1n) is 14.8. The van der Waals surface area contributed by atoms with Gasteiger partial charge in [-0.1, -0.05) is 98.8 Å². The lowest BCUT2D eigenvalue weighted by molar-refractivity contribution is -0.141. The van der Waals surface area contributed by atoms with Crippen LogP contribution < -0.4 is 15.4 Å². The molecule has 1 atom stereocenters. The minimum absolute atomic E-state index is 0.0199. The summed E-state index contributed by atoms with van der Waals surface area (Å²) in [5, 5.41) is 6.26. The van der Waals surface area contributed by atoms with Gasteiger partial charge in [0.25, 0.3) is 0 Å². The molecule has 2 N–H and O–H groups in total. The van der Waals surface area contributed by atoms with Crippen molar-refractivity contribution in [1.29, 1.82) is 0 Å². The first-order valence-corrected chi connectivity index (χ1v) is 14.8. The maximum atomic E-state index is 13.2. The van der Waals surface area contributed by atoms with Gasteiger partial charge >= 0.3 is 5.97 Å². The first kappa shape index (κ1) is 32.0. The Morgan fingerprint density at radius 3 is 2.09 bits per heavy atom. The molecule has 0 aliphatic heterocycles. The third kappa shape index (κ3) is 9.04. The van der Waals surface area contributed by atoms with E-state index in [2.05, 4.69) is 10.6 Å². The number of ketones is 1. The smallest absolute Gasteiger partial charge is 0.328 e. The van der Waals surface area contributed by atoms with Gasteiger partial charge < -0.3 is 20.1 Å². The summed E-state index contributed by atoms with van der Waals surface area (Å²) in [4.78, 5) is 38.6. The third-order valence-corrected chi connectivity index (χ3v) is 7.37. The minimum atomic E-state index is -0.703. The molecular weight excluding hydrogens is 552 g/mol. The lowest BCUT2D eigenvalue weighted by atomic mass is 9.85. The molecule has 44 heavy (non-hydrogen) atoms. The van der Waals surface area contributed by atoms with E-state index in [1.54, 1.807) is 30.3 Å². The number of ether oxygens (including phenoxy) is 2. The zero-order valence-corrected chi connectivity index (χ0v) is 25.5. The molecule has 4 aromatic carbocycles. The van der Waals surface area contributed by atoms with Gasteiger partial charge in [-0.05, 0) is 48.2 Å². The van der Waals surface area contributed by atoms with Gasteiger partial charge in [0.15, 0.2) is 5.78 Å². The first-order chi connectivity index (χ1) is 21.3. The van der Waals surface area contributed by atoms with E-state index in [0.29, 0.717) is 55.0 Å². The van der Waals surface area contributed by atoms with Gasteiger partial charge in [0.1, 0.15) is 11.8 Å². The number of methoxy groups -OCH3 is 1. The van der Waals surface area contributed by atoms with Crippen LogP contribution in [-0.2, 0) is 27.2 Å². The van der Waals surface area contributed by atoms with Crippen LogP contribution in [-0.4, -0.2) is 44.0 Å². The number of benzene rings is 4. The Labute approximate surface area is 259 Å². The van der Waals surface area contributed by atoms with Crippen molar-refractivity contribution in [3.8, 4) is 5.75 Å². The zero-order valence-electron chi connectivity index (χ0n) is 25.5. The van der Waals surface area contributed by atoms with Crippen LogP contribution >= 0.6 is 0 Å². The van der Waals surface area contributed by atoms with Gasteiger partial charge in [0, 0.05) is 35.2 Å². The number of hydrogen-bond acceptors (Lipinski definition) is 6. The van der Waals surface area contributed by atoms with E-state index in [4.69, 9.17) is 9.47 Å². The lowest BCUT2D eigenvalue weighted by Gasteiger charge is -2.23. The summed E-state index contributed by atoms with van der Waals surface area (Å²) in [7, 11) is 1.35. The molecule has 0 aliphatic carbocycles. The van der Waals surface area contributed by atoms with Crippen LogP contribution in [0.3, 0.4) is 0 Å². The number of nitrogens with one attached hydrogen (secondary N) is 2. The van der Waals surface area contributed by atoms with Gasteiger partial charge in [-0.25, -0.2) is 4.79 Å². The van der Waals surface area contributed by atoms with Crippen LogP contribution in [0.1, 0.15) is 47.3 Å². The molecule has 228 valence electrons. The molecule has 7 heteroatoms. The summed E-state index contributed by atoms with van der Waals surface area (Å²) in [6.07, 6.45) is 1.70. The average molecular weight is 593 g/mol. The molecule has 4 rings (SSSR count). The van der Waals surface area contributed by atoms with Crippen molar-refractivity contribution in [1.82, 2.24) is 5.32 Å². The highest BCUT2D eigenvalue weighted by atomic mass is 16.5. The van der Waals surface area contributed by atoms with Crippen molar-refractivity contribution in [2.24, 2.45) is 5.41 Å². The second-order valence-corrected chi connectivity index (χ2v) is 11.3. The fraction of sp³-hybridized carbons (Fsp3) is 0.270. The van der Waals surface area contributed by atoms with Crippen molar-refractivity contribution in [2.75, 3.05) is 25.6 Å². The van der Waals surface area contributed by atoms with Crippen LogP contribution in [0.4, 0.5) is 5.69 Å². The Balaban J connectivity index is 1.28. The Morgan fingerprint density at radius 1 is 0.773 bits per heavy atom. The van der Waals surface area contributed by atoms with Gasteiger partial charge in [-0.15, -0.1) is 0 Å². The van der Waals surface area contributed by atoms with Crippen LogP contribution in [0.15, 0.2) is 109 Å². The van der Waals surface area contributed by atoms with E-state index >= 15 is 0 Å². The fourth-order valence-corrected chi connectivity index (χ4v) is 4.92. The number of carbonyl (C=O) groups is 3. The molecule has 0 radical (unpaired) electrons. The van der Waals surface area contributed by atoms with Crippen molar-refractivity contribution >= 4 is 23.3 Å². The molecular formula is C37H40N2O5. The minimum Gasteiger partial charge on any atom is -0.494 e. The predicted molar refractivity (Wildman–Crippen MR) is 173 cm³/mol. The number of anilines is 1. The molecule has 0 spiro atoms. The number of rotatable bonds is 15. The second kappa shape index (κ2) is 15.5. The topological polar surface area (TPSA) is 93.7 Å². The van der Waals surface area contributed by atoms with E-state index < -0.39 is 17.4 Å². The highest BCUT2D eigenvalue weighted by Crippen LogP contribution is 2.23. The standard InChI is InChI=1S/C37H40N2O5/c1-37(2,26-28-13-6-4-7-14-28)36(42)38-23-12-24-44-30-21-19-27(20-22-30)25-33(35(41)43-3)39-32-18-11-10-17-31(32)34(40)29-15-8-5-9-16-29/h4-11,13-22,33,39H,12,23-26H2,1-3H3,(H,38,42). The van der Waals surface area contributed by atoms with Crippen LogP contribution in [0.25, 0.3) is 0 Å². The van der Waals surface area contributed by atoms with Gasteiger partial charge in [0.05, 0.1) is 13.7 Å². The summed E-state index contributed by atoms with van der Waals surface area (Å²) in [5.41, 5.74) is 3.14. The number of esters is 1. The Morgan fingerprint density at radius 2 is 1.41 bits per heavy atom. The normalized spacial score (nSPS) is 11.7. The third-order valence-electron chi connectivity index (χ3n) is 7.37. The average Bonchev–Trinajstić information content (AvgIpc) is 3.05. The Bertz CT molecular complexity index is 1520. The molecule has 4 aromatic rings. The quantitative estimate of drug-likeness (QED) is 0.0961. The van der Waals surface area contributed by atoms with E-state index in [0.717, 1.165) is 11.1 Å². The van der Waals surface area contributed by atoms with Crippen molar-refractivity contribution in [2.45, 2.75) is 39.2 Å². The van der Waals surface area contributed by atoms with E-state index in [9.17, 15) is 14.4 Å². The van der Waals surface area contributed by atoms with Crippen LogP contribution in [0.2, 0.25) is 0 Å². The van der Waals surface area contributed by atoms with Gasteiger partial charge in [0.2, 0.25) is 5.91 Å².